The summed E-state index contributed by atoms with van der Waals surface area (Å²) in [4.78, 5) is 11.9. The molecule has 4 nitrogen and oxygen atoms in total. The number of amides is 1. The number of nitrogens with one attached hydrogen (secondary N) is 2. The average molecular weight is 309 g/mol. The van der Waals surface area contributed by atoms with E-state index in [-0.39, 0.29) is 12.5 Å². The van der Waals surface area contributed by atoms with Gasteiger partial charge in [0.05, 0.1) is 12.3 Å². The smallest absolute Gasteiger partial charge is 0.259 e. The Bertz CT molecular complexity index is 690. The van der Waals surface area contributed by atoms with E-state index in [4.69, 9.17) is 0 Å². The summed E-state index contributed by atoms with van der Waals surface area (Å²) in [5, 5.41) is 7.27. The molecule has 0 aliphatic rings. The van der Waals surface area contributed by atoms with Crippen LogP contribution in [0.5, 0.6) is 0 Å². The van der Waals surface area contributed by atoms with Crippen molar-refractivity contribution < 1.29 is 4.79 Å². The fourth-order valence-electron chi connectivity index (χ4n) is 2.18. The highest BCUT2D eigenvalue weighted by Gasteiger charge is 2.03. The Kier molecular flexibility index (Phi) is 5.92. The number of nitrogens with zero attached hydrogens (tertiary/aromatic N) is 1. The second-order valence-corrected chi connectivity index (χ2v) is 5.45. The molecule has 0 aromatic heterocycles. The zero-order valence-electron chi connectivity index (χ0n) is 13.9. The van der Waals surface area contributed by atoms with Gasteiger partial charge < -0.3 is 5.32 Å². The van der Waals surface area contributed by atoms with Gasteiger partial charge in [-0.3, -0.25) is 4.79 Å². The summed E-state index contributed by atoms with van der Waals surface area (Å²) in [6, 6.07) is 16.1. The third-order valence-corrected chi connectivity index (χ3v) is 3.71. The molecule has 0 aliphatic carbocycles. The van der Waals surface area contributed by atoms with E-state index in [9.17, 15) is 4.79 Å². The summed E-state index contributed by atoms with van der Waals surface area (Å²) in [5.41, 5.74) is 7.73. The quantitative estimate of drug-likeness (QED) is 0.634. The summed E-state index contributed by atoms with van der Waals surface area (Å²) in [6.07, 6.45) is 1.01. The standard InChI is InChI=1S/C19H23N3O/c1-4-16-9-11-17(12-10-16)15(3)21-22-19(23)13-20-18-8-6-5-7-14(18)2/h5-12,20H,4,13H2,1-3H3,(H,22,23)/b21-15-. The van der Waals surface area contributed by atoms with Gasteiger partial charge in [-0.25, -0.2) is 5.43 Å². The first kappa shape index (κ1) is 16.7. The van der Waals surface area contributed by atoms with Gasteiger partial charge in [0.2, 0.25) is 0 Å². The molecule has 0 aliphatic heterocycles. The van der Waals surface area contributed by atoms with Crippen LogP contribution in [0.25, 0.3) is 0 Å². The number of anilines is 1. The van der Waals surface area contributed by atoms with Crippen LogP contribution in [0.3, 0.4) is 0 Å². The molecule has 0 unspecified atom stereocenters. The second-order valence-electron chi connectivity index (χ2n) is 5.45. The van der Waals surface area contributed by atoms with Crippen molar-refractivity contribution in [3.8, 4) is 0 Å². The summed E-state index contributed by atoms with van der Waals surface area (Å²) in [5.74, 6) is -0.169. The first-order valence-electron chi connectivity index (χ1n) is 7.82. The maximum atomic E-state index is 11.9. The molecular formula is C19H23N3O. The SMILES string of the molecule is CCc1ccc(/C(C)=N\NC(=O)CNc2ccccc2C)cc1. The first-order valence-corrected chi connectivity index (χ1v) is 7.82. The van der Waals surface area contributed by atoms with Crippen molar-refractivity contribution in [2.24, 2.45) is 5.10 Å². The number of para-hydroxylation sites is 1. The molecule has 0 heterocycles. The fourth-order valence-corrected chi connectivity index (χ4v) is 2.18. The summed E-state index contributed by atoms with van der Waals surface area (Å²) in [7, 11) is 0. The molecule has 120 valence electrons. The highest BCUT2D eigenvalue weighted by atomic mass is 16.2. The molecule has 2 N–H and O–H groups in total. The largest absolute Gasteiger partial charge is 0.376 e. The zero-order chi connectivity index (χ0) is 16.7. The molecule has 0 fully saturated rings. The second kappa shape index (κ2) is 8.13. The van der Waals surface area contributed by atoms with Crippen molar-refractivity contribution in [1.29, 1.82) is 0 Å². The normalized spacial score (nSPS) is 11.2. The van der Waals surface area contributed by atoms with Gasteiger partial charge in [-0.2, -0.15) is 5.10 Å². The van der Waals surface area contributed by atoms with Crippen LogP contribution in [0.4, 0.5) is 5.69 Å². The van der Waals surface area contributed by atoms with E-state index in [0.29, 0.717) is 0 Å². The Hall–Kier alpha value is -2.62. The minimum Gasteiger partial charge on any atom is -0.376 e. The van der Waals surface area contributed by atoms with E-state index in [1.165, 1.54) is 5.56 Å². The van der Waals surface area contributed by atoms with Crippen LogP contribution < -0.4 is 10.7 Å². The van der Waals surface area contributed by atoms with Gasteiger partial charge in [-0.15, -0.1) is 0 Å². The number of benzene rings is 2. The van der Waals surface area contributed by atoms with Crippen LogP contribution in [0.2, 0.25) is 0 Å². The van der Waals surface area contributed by atoms with E-state index in [2.05, 4.69) is 34.9 Å². The van der Waals surface area contributed by atoms with E-state index < -0.39 is 0 Å². The lowest BCUT2D eigenvalue weighted by atomic mass is 10.1. The van der Waals surface area contributed by atoms with Crippen molar-refractivity contribution in [3.05, 3.63) is 65.2 Å². The molecule has 4 heteroatoms. The Morgan fingerprint density at radius 3 is 2.43 bits per heavy atom. The number of hydrogen-bond donors (Lipinski definition) is 2. The summed E-state index contributed by atoms with van der Waals surface area (Å²) in [6.45, 7) is 6.20. The Morgan fingerprint density at radius 2 is 1.78 bits per heavy atom. The summed E-state index contributed by atoms with van der Waals surface area (Å²) >= 11 is 0. The van der Waals surface area contributed by atoms with Gasteiger partial charge >= 0.3 is 0 Å². The molecule has 0 saturated heterocycles. The maximum Gasteiger partial charge on any atom is 0.259 e. The number of hydrazone groups is 1. The van der Waals surface area contributed by atoms with Gasteiger partial charge in [-0.1, -0.05) is 49.4 Å². The molecule has 0 saturated carbocycles. The molecule has 1 amide bonds. The first-order chi connectivity index (χ1) is 11.1. The Labute approximate surface area is 137 Å². The number of hydrogen-bond acceptors (Lipinski definition) is 3. The topological polar surface area (TPSA) is 53.5 Å². The van der Waals surface area contributed by atoms with E-state index >= 15 is 0 Å². The van der Waals surface area contributed by atoms with Crippen molar-refractivity contribution >= 4 is 17.3 Å². The van der Waals surface area contributed by atoms with Crippen LogP contribution in [0.15, 0.2) is 53.6 Å². The van der Waals surface area contributed by atoms with Crippen LogP contribution in [0, 0.1) is 6.92 Å². The molecule has 2 aromatic carbocycles. The van der Waals surface area contributed by atoms with Crippen LogP contribution in [0.1, 0.15) is 30.5 Å². The molecule has 0 bridgehead atoms. The van der Waals surface area contributed by atoms with Crippen molar-refractivity contribution in [2.75, 3.05) is 11.9 Å². The predicted octanol–water partition coefficient (Wildman–Crippen LogP) is 3.51. The van der Waals surface area contributed by atoms with Crippen LogP contribution in [-0.4, -0.2) is 18.2 Å². The van der Waals surface area contributed by atoms with Gasteiger partial charge in [0.15, 0.2) is 0 Å². The molecule has 23 heavy (non-hydrogen) atoms. The Morgan fingerprint density at radius 1 is 1.09 bits per heavy atom. The van der Waals surface area contributed by atoms with Gasteiger partial charge in [0.1, 0.15) is 0 Å². The Balaban J connectivity index is 1.88. The number of aryl methyl sites for hydroxylation is 2. The lowest BCUT2D eigenvalue weighted by molar-refractivity contribution is -0.119. The third kappa shape index (κ3) is 4.95. The van der Waals surface area contributed by atoms with Crippen molar-refractivity contribution in [2.45, 2.75) is 27.2 Å². The minimum absolute atomic E-state index is 0.169. The lowest BCUT2D eigenvalue weighted by Gasteiger charge is -2.08. The van der Waals surface area contributed by atoms with Crippen LogP contribution in [-0.2, 0) is 11.2 Å². The van der Waals surface area contributed by atoms with E-state index in [1.54, 1.807) is 0 Å². The van der Waals surface area contributed by atoms with Gasteiger partial charge in [0.25, 0.3) is 5.91 Å². The molecule has 2 rings (SSSR count). The zero-order valence-corrected chi connectivity index (χ0v) is 13.9. The highest BCUT2D eigenvalue weighted by Crippen LogP contribution is 2.12. The fraction of sp³-hybridized carbons (Fsp3) is 0.263. The van der Waals surface area contributed by atoms with Crippen LogP contribution >= 0.6 is 0 Å². The van der Waals surface area contributed by atoms with Crippen molar-refractivity contribution in [1.82, 2.24) is 5.43 Å². The predicted molar refractivity (Wildman–Crippen MR) is 95.8 cm³/mol. The molecule has 0 spiro atoms. The van der Waals surface area contributed by atoms with Crippen molar-refractivity contribution in [3.63, 3.8) is 0 Å². The molecular weight excluding hydrogens is 286 g/mol. The number of carbonyl (C=O) groups is 1. The average Bonchev–Trinajstić information content (AvgIpc) is 2.59. The summed E-state index contributed by atoms with van der Waals surface area (Å²) < 4.78 is 0. The number of carbonyl (C=O) groups excluding carboxylic acids is 1. The van der Waals surface area contributed by atoms with Gasteiger partial charge in [0, 0.05) is 5.69 Å². The molecule has 2 aromatic rings. The highest BCUT2D eigenvalue weighted by molar-refractivity contribution is 5.99. The maximum absolute atomic E-state index is 11.9. The lowest BCUT2D eigenvalue weighted by Crippen LogP contribution is -2.27. The van der Waals surface area contributed by atoms with E-state index in [0.717, 1.165) is 28.9 Å². The monoisotopic (exact) mass is 309 g/mol. The minimum atomic E-state index is -0.169. The molecule has 0 radical (unpaired) electrons. The third-order valence-electron chi connectivity index (χ3n) is 3.71. The number of rotatable bonds is 6. The van der Waals surface area contributed by atoms with Gasteiger partial charge in [-0.05, 0) is 43.0 Å². The van der Waals surface area contributed by atoms with E-state index in [1.807, 2.05) is 50.2 Å². The molecule has 0 atom stereocenters.